The smallest absolute Gasteiger partial charge is 0.264 e. The van der Waals surface area contributed by atoms with Crippen LogP contribution in [0.2, 0.25) is 0 Å². The second kappa shape index (κ2) is 12.4. The van der Waals surface area contributed by atoms with Gasteiger partial charge in [-0.1, -0.05) is 72.5 Å². The molecule has 0 bridgehead atoms. The molecule has 2 amide bonds. The highest BCUT2D eigenvalue weighted by atomic mass is 32.2. The highest BCUT2D eigenvalue weighted by Crippen LogP contribution is 2.20. The Kier molecular flexibility index (Phi) is 8.80. The Morgan fingerprint density at radius 1 is 0.769 bits per heavy atom. The van der Waals surface area contributed by atoms with E-state index in [1.165, 1.54) is 17.0 Å². The van der Waals surface area contributed by atoms with E-state index in [1.54, 1.807) is 12.1 Å². The van der Waals surface area contributed by atoms with E-state index in [1.807, 2.05) is 86.6 Å². The summed E-state index contributed by atoms with van der Waals surface area (Å²) in [7, 11) is -4.19. The van der Waals surface area contributed by atoms with E-state index in [2.05, 4.69) is 16.6 Å². The molecule has 7 heteroatoms. The fourth-order valence-electron chi connectivity index (χ4n) is 4.27. The van der Waals surface area contributed by atoms with Crippen LogP contribution >= 0.6 is 0 Å². The van der Waals surface area contributed by atoms with Crippen LogP contribution in [0.5, 0.6) is 0 Å². The maximum atomic E-state index is 13.3. The molecule has 0 fully saturated rings. The zero-order valence-electron chi connectivity index (χ0n) is 21.9. The molecule has 0 spiro atoms. The Hall–Kier alpha value is -4.41. The number of benzene rings is 4. The molecule has 198 valence electrons. The number of carbonyl (C=O) groups is 2. The summed E-state index contributed by atoms with van der Waals surface area (Å²) in [6.45, 7) is 4.46. The molecule has 0 aliphatic carbocycles. The second-order valence-corrected chi connectivity index (χ2v) is 10.7. The van der Waals surface area contributed by atoms with Crippen molar-refractivity contribution in [2.45, 2.75) is 25.2 Å². The lowest BCUT2D eigenvalue weighted by atomic mass is 9.96. The van der Waals surface area contributed by atoms with Gasteiger partial charge in [0.2, 0.25) is 11.8 Å². The van der Waals surface area contributed by atoms with Crippen LogP contribution in [0.4, 0.5) is 0 Å². The van der Waals surface area contributed by atoms with E-state index < -0.39 is 27.8 Å². The minimum atomic E-state index is -4.19. The molecule has 4 aromatic rings. The Bertz CT molecular complexity index is 1630. The van der Waals surface area contributed by atoms with Crippen molar-refractivity contribution in [3.05, 3.63) is 114 Å². The lowest BCUT2D eigenvalue weighted by Gasteiger charge is -2.24. The van der Waals surface area contributed by atoms with Gasteiger partial charge >= 0.3 is 0 Å². The van der Waals surface area contributed by atoms with Crippen LogP contribution in [0, 0.1) is 17.8 Å². The van der Waals surface area contributed by atoms with Crippen molar-refractivity contribution in [1.29, 1.82) is 0 Å². The zero-order chi connectivity index (χ0) is 27.8. The molecular weight excluding hydrogens is 508 g/mol. The van der Waals surface area contributed by atoms with E-state index in [4.69, 9.17) is 0 Å². The summed E-state index contributed by atoms with van der Waals surface area (Å²) in [5.74, 6) is 3.72. The van der Waals surface area contributed by atoms with Gasteiger partial charge < -0.3 is 4.90 Å². The average molecular weight is 539 g/mol. The molecule has 1 unspecified atom stereocenters. The Morgan fingerprint density at radius 2 is 1.36 bits per heavy atom. The first kappa shape index (κ1) is 27.6. The molecular formula is C32H30N2O4S. The van der Waals surface area contributed by atoms with Crippen LogP contribution in [0.15, 0.2) is 102 Å². The minimum Gasteiger partial charge on any atom is -0.343 e. The normalized spacial score (nSPS) is 11.7. The van der Waals surface area contributed by atoms with Gasteiger partial charge in [-0.15, -0.1) is 0 Å². The van der Waals surface area contributed by atoms with Crippen molar-refractivity contribution in [2.75, 3.05) is 13.1 Å². The van der Waals surface area contributed by atoms with E-state index in [9.17, 15) is 18.0 Å². The molecule has 0 aliphatic rings. The summed E-state index contributed by atoms with van der Waals surface area (Å²) in [4.78, 5) is 28.2. The van der Waals surface area contributed by atoms with Crippen LogP contribution in [-0.4, -0.2) is 38.2 Å². The van der Waals surface area contributed by atoms with E-state index in [-0.39, 0.29) is 11.3 Å². The lowest BCUT2D eigenvalue weighted by Crippen LogP contribution is -2.46. The first-order chi connectivity index (χ1) is 18.8. The van der Waals surface area contributed by atoms with E-state index >= 15 is 0 Å². The maximum absolute atomic E-state index is 13.3. The standard InChI is InChI=1S/C32H30N2O4S/c1-3-34(4-2)32(36)30(22-26-18-16-25(17-19-26)15-14-24-10-6-5-7-11-24)31(35)33-39(37,38)29-21-20-27-12-8-9-13-28(27)23-29/h5-13,16-21,23,30H,3-4,22H2,1-2H3,(H,33,35). The zero-order valence-corrected chi connectivity index (χ0v) is 22.7. The van der Waals surface area contributed by atoms with Gasteiger partial charge in [0.15, 0.2) is 0 Å². The topological polar surface area (TPSA) is 83.6 Å². The minimum absolute atomic E-state index is 0.0371. The highest BCUT2D eigenvalue weighted by Gasteiger charge is 2.33. The fraction of sp³-hybridized carbons (Fsp3) is 0.188. The molecule has 0 heterocycles. The first-order valence-corrected chi connectivity index (χ1v) is 14.3. The van der Waals surface area contributed by atoms with Crippen molar-refractivity contribution >= 4 is 32.6 Å². The number of fused-ring (bicyclic) bond motifs is 1. The van der Waals surface area contributed by atoms with Gasteiger partial charge in [0.05, 0.1) is 4.90 Å². The number of hydrogen-bond acceptors (Lipinski definition) is 4. The summed E-state index contributed by atoms with van der Waals surface area (Å²) in [5, 5.41) is 1.62. The van der Waals surface area contributed by atoms with Gasteiger partial charge in [0.1, 0.15) is 5.92 Å². The first-order valence-electron chi connectivity index (χ1n) is 12.8. The van der Waals surface area contributed by atoms with Crippen molar-refractivity contribution < 1.29 is 18.0 Å². The van der Waals surface area contributed by atoms with Gasteiger partial charge in [-0.05, 0) is 73.0 Å². The molecule has 0 saturated heterocycles. The van der Waals surface area contributed by atoms with Crippen LogP contribution in [-0.2, 0) is 26.0 Å². The molecule has 6 nitrogen and oxygen atoms in total. The molecule has 0 aliphatic heterocycles. The van der Waals surface area contributed by atoms with Gasteiger partial charge in [0.25, 0.3) is 10.0 Å². The van der Waals surface area contributed by atoms with Gasteiger partial charge in [-0.3, -0.25) is 9.59 Å². The summed E-state index contributed by atoms with van der Waals surface area (Å²) in [5.41, 5.74) is 2.41. The van der Waals surface area contributed by atoms with Crippen molar-refractivity contribution in [1.82, 2.24) is 9.62 Å². The molecule has 4 aromatic carbocycles. The SMILES string of the molecule is CCN(CC)C(=O)C(Cc1ccc(C#Cc2ccccc2)cc1)C(=O)NS(=O)(=O)c1ccc2ccccc2c1. The Morgan fingerprint density at radius 3 is 2.00 bits per heavy atom. The largest absolute Gasteiger partial charge is 0.343 e. The summed E-state index contributed by atoms with van der Waals surface area (Å²) in [6, 6.07) is 28.9. The van der Waals surface area contributed by atoms with Crippen molar-refractivity contribution in [2.24, 2.45) is 5.92 Å². The number of hydrogen-bond donors (Lipinski definition) is 1. The Balaban J connectivity index is 1.56. The predicted molar refractivity (Wildman–Crippen MR) is 153 cm³/mol. The fourth-order valence-corrected chi connectivity index (χ4v) is 5.32. The second-order valence-electron chi connectivity index (χ2n) is 9.06. The van der Waals surface area contributed by atoms with Crippen LogP contribution in [0.1, 0.15) is 30.5 Å². The summed E-state index contributed by atoms with van der Waals surface area (Å²) < 4.78 is 28.4. The molecule has 1 N–H and O–H groups in total. The molecule has 39 heavy (non-hydrogen) atoms. The summed E-state index contributed by atoms with van der Waals surface area (Å²) in [6.07, 6.45) is 0.0564. The van der Waals surface area contributed by atoms with Crippen molar-refractivity contribution in [3.63, 3.8) is 0 Å². The molecule has 0 radical (unpaired) electrons. The predicted octanol–water partition coefficient (Wildman–Crippen LogP) is 4.77. The highest BCUT2D eigenvalue weighted by molar-refractivity contribution is 7.90. The molecule has 1 atom stereocenters. The van der Waals surface area contributed by atoms with Crippen LogP contribution in [0.3, 0.4) is 0 Å². The number of amides is 2. The maximum Gasteiger partial charge on any atom is 0.264 e. The van der Waals surface area contributed by atoms with Crippen LogP contribution < -0.4 is 4.72 Å². The molecule has 0 saturated carbocycles. The van der Waals surface area contributed by atoms with Crippen molar-refractivity contribution in [3.8, 4) is 11.8 Å². The van der Waals surface area contributed by atoms with E-state index in [0.29, 0.717) is 13.1 Å². The third kappa shape index (κ3) is 6.92. The Labute approximate surface area is 229 Å². The average Bonchev–Trinajstić information content (AvgIpc) is 2.96. The van der Waals surface area contributed by atoms with E-state index in [0.717, 1.165) is 27.5 Å². The van der Waals surface area contributed by atoms with Gasteiger partial charge in [-0.2, -0.15) is 0 Å². The number of rotatable bonds is 8. The lowest BCUT2D eigenvalue weighted by molar-refractivity contribution is -0.141. The quantitative estimate of drug-likeness (QED) is 0.259. The van der Waals surface area contributed by atoms with Crippen LogP contribution in [0.25, 0.3) is 10.8 Å². The number of nitrogens with one attached hydrogen (secondary N) is 1. The molecule has 4 rings (SSSR count). The number of carbonyl (C=O) groups excluding carboxylic acids is 2. The molecule has 0 aromatic heterocycles. The van der Waals surface area contributed by atoms with Gasteiger partial charge in [-0.25, -0.2) is 13.1 Å². The number of nitrogens with zero attached hydrogens (tertiary/aromatic N) is 1. The van der Waals surface area contributed by atoms with Gasteiger partial charge in [0, 0.05) is 24.2 Å². The third-order valence-corrected chi connectivity index (χ3v) is 7.82. The number of sulfonamides is 1. The summed E-state index contributed by atoms with van der Waals surface area (Å²) >= 11 is 0. The third-order valence-electron chi connectivity index (χ3n) is 6.47. The monoisotopic (exact) mass is 538 g/mol.